The minimum Gasteiger partial charge on any atom is -0.324 e. The quantitative estimate of drug-likeness (QED) is 0.710. The van der Waals surface area contributed by atoms with Gasteiger partial charge in [-0.25, -0.2) is 4.98 Å². The van der Waals surface area contributed by atoms with Gasteiger partial charge in [-0.05, 0) is 41.1 Å². The Bertz CT molecular complexity index is 849. The molecule has 0 bridgehead atoms. The number of amides is 1. The van der Waals surface area contributed by atoms with E-state index in [-0.39, 0.29) is 16.5 Å². The number of carbonyl (C=O) groups is 1. The van der Waals surface area contributed by atoms with Crippen LogP contribution in [0.5, 0.6) is 0 Å². The fourth-order valence-corrected chi connectivity index (χ4v) is 3.20. The highest BCUT2D eigenvalue weighted by atomic mass is 79.9. The molecule has 1 aromatic heterocycles. The molecule has 0 saturated heterocycles. The summed E-state index contributed by atoms with van der Waals surface area (Å²) in [6, 6.07) is 9.30. The lowest BCUT2D eigenvalue weighted by Gasteiger charge is -2.13. The number of hydrogen-bond donors (Lipinski definition) is 1. The van der Waals surface area contributed by atoms with Crippen molar-refractivity contribution in [2.75, 3.05) is 11.1 Å². The second-order valence-corrected chi connectivity index (χ2v) is 6.74. The Balaban J connectivity index is 2.18. The number of aromatic nitrogens is 1. The molecule has 25 heavy (non-hydrogen) atoms. The number of nitrogens with one attached hydrogen (secondary N) is 1. The van der Waals surface area contributed by atoms with E-state index < -0.39 is 23.2 Å². The average Bonchev–Trinajstić information content (AvgIpc) is 2.53. The maximum atomic E-state index is 13.1. The molecule has 0 fully saturated rings. The zero-order chi connectivity index (χ0) is 18.6. The summed E-state index contributed by atoms with van der Waals surface area (Å²) < 4.78 is 39.8. The van der Waals surface area contributed by atoms with Crippen molar-refractivity contribution in [3.8, 4) is 6.07 Å². The predicted molar refractivity (Wildman–Crippen MR) is 92.2 cm³/mol. The van der Waals surface area contributed by atoms with Gasteiger partial charge in [0.15, 0.2) is 0 Å². The Hall–Kier alpha value is -2.05. The number of para-hydroxylation sites is 1. The highest BCUT2D eigenvalue weighted by molar-refractivity contribution is 9.10. The van der Waals surface area contributed by atoms with Crippen LogP contribution in [0.2, 0.25) is 0 Å². The lowest BCUT2D eigenvalue weighted by molar-refractivity contribution is -0.138. The summed E-state index contributed by atoms with van der Waals surface area (Å²) in [6.45, 7) is 1.40. The minimum absolute atomic E-state index is 0.114. The van der Waals surface area contributed by atoms with Crippen molar-refractivity contribution < 1.29 is 18.0 Å². The van der Waals surface area contributed by atoms with Crippen LogP contribution in [-0.2, 0) is 11.0 Å². The maximum Gasteiger partial charge on any atom is 0.417 e. The highest BCUT2D eigenvalue weighted by Crippen LogP contribution is 2.35. The smallest absolute Gasteiger partial charge is 0.324 e. The van der Waals surface area contributed by atoms with Crippen LogP contribution in [0, 0.1) is 18.3 Å². The summed E-state index contributed by atoms with van der Waals surface area (Å²) in [5.74, 6) is -0.596. The van der Waals surface area contributed by atoms with E-state index in [0.29, 0.717) is 10.2 Å². The largest absolute Gasteiger partial charge is 0.417 e. The molecule has 2 rings (SSSR count). The summed E-state index contributed by atoms with van der Waals surface area (Å²) in [6.07, 6.45) is -4.66. The Morgan fingerprint density at radius 2 is 2.08 bits per heavy atom. The molecule has 1 heterocycles. The summed E-state index contributed by atoms with van der Waals surface area (Å²) >= 11 is 4.07. The summed E-state index contributed by atoms with van der Waals surface area (Å²) in [4.78, 5) is 16.0. The van der Waals surface area contributed by atoms with Gasteiger partial charge in [-0.1, -0.05) is 23.9 Å². The minimum atomic E-state index is -4.66. The zero-order valence-electron chi connectivity index (χ0n) is 12.8. The summed E-state index contributed by atoms with van der Waals surface area (Å²) in [7, 11) is 0. The predicted octanol–water partition coefficient (Wildman–Crippen LogP) is 4.77. The number of anilines is 1. The van der Waals surface area contributed by atoms with Crippen molar-refractivity contribution in [1.82, 2.24) is 4.98 Å². The van der Waals surface area contributed by atoms with E-state index in [2.05, 4.69) is 26.2 Å². The number of halogens is 4. The first-order valence-electron chi connectivity index (χ1n) is 6.88. The van der Waals surface area contributed by atoms with E-state index in [4.69, 9.17) is 5.26 Å². The number of alkyl halides is 3. The van der Waals surface area contributed by atoms with Crippen LogP contribution in [0.1, 0.15) is 16.8 Å². The van der Waals surface area contributed by atoms with Crippen molar-refractivity contribution >= 4 is 39.3 Å². The van der Waals surface area contributed by atoms with Gasteiger partial charge in [-0.15, -0.1) is 0 Å². The first kappa shape index (κ1) is 19.3. The van der Waals surface area contributed by atoms with Crippen molar-refractivity contribution in [2.24, 2.45) is 0 Å². The third-order valence-corrected chi connectivity index (χ3v) is 4.69. The molecule has 0 saturated carbocycles. The van der Waals surface area contributed by atoms with E-state index in [1.165, 1.54) is 13.0 Å². The first-order chi connectivity index (χ1) is 11.7. The zero-order valence-corrected chi connectivity index (χ0v) is 15.2. The molecule has 0 aliphatic carbocycles. The van der Waals surface area contributed by atoms with Crippen LogP contribution in [0.15, 0.2) is 39.8 Å². The van der Waals surface area contributed by atoms with E-state index >= 15 is 0 Å². The molecule has 130 valence electrons. The van der Waals surface area contributed by atoms with Gasteiger partial charge in [0, 0.05) is 10.2 Å². The highest BCUT2D eigenvalue weighted by Gasteiger charge is 2.35. The lowest BCUT2D eigenvalue weighted by Crippen LogP contribution is -2.15. The summed E-state index contributed by atoms with van der Waals surface area (Å²) in [5, 5.41) is 11.6. The van der Waals surface area contributed by atoms with Gasteiger partial charge in [0.1, 0.15) is 11.1 Å². The number of hydrogen-bond acceptors (Lipinski definition) is 4. The Labute approximate surface area is 154 Å². The third kappa shape index (κ3) is 4.96. The topological polar surface area (TPSA) is 65.8 Å². The van der Waals surface area contributed by atoms with Gasteiger partial charge in [-0.2, -0.15) is 18.4 Å². The SMILES string of the molecule is Cc1cc(C(F)(F)F)c(C#N)c(SCC(=O)Nc2ccccc2Br)n1. The Kier molecular flexibility index (Phi) is 6.08. The number of thioether (sulfide) groups is 1. The molecule has 4 nitrogen and oxygen atoms in total. The second kappa shape index (κ2) is 7.89. The van der Waals surface area contributed by atoms with Crippen molar-refractivity contribution in [2.45, 2.75) is 18.1 Å². The molecular formula is C16H11BrF3N3OS. The van der Waals surface area contributed by atoms with Gasteiger partial charge >= 0.3 is 6.18 Å². The molecular weight excluding hydrogens is 419 g/mol. The lowest BCUT2D eigenvalue weighted by atomic mass is 10.1. The average molecular weight is 430 g/mol. The van der Waals surface area contributed by atoms with Crippen molar-refractivity contribution in [3.05, 3.63) is 51.6 Å². The second-order valence-electron chi connectivity index (χ2n) is 4.92. The normalized spacial score (nSPS) is 11.0. The van der Waals surface area contributed by atoms with Crippen LogP contribution in [0.4, 0.5) is 18.9 Å². The Morgan fingerprint density at radius 3 is 2.68 bits per heavy atom. The van der Waals surface area contributed by atoms with Crippen LogP contribution in [0.3, 0.4) is 0 Å². The standard InChI is InChI=1S/C16H11BrF3N3OS/c1-9-6-11(16(18,19)20)10(7-21)15(22-9)25-8-14(24)23-13-5-3-2-4-12(13)17/h2-6H,8H2,1H3,(H,23,24). The molecule has 0 spiro atoms. The number of carbonyl (C=O) groups excluding carboxylic acids is 1. The third-order valence-electron chi connectivity index (χ3n) is 3.02. The molecule has 2 aromatic rings. The van der Waals surface area contributed by atoms with E-state index in [0.717, 1.165) is 17.8 Å². The molecule has 0 unspecified atom stereocenters. The molecule has 0 radical (unpaired) electrons. The molecule has 1 aromatic carbocycles. The van der Waals surface area contributed by atoms with Crippen LogP contribution in [-0.4, -0.2) is 16.6 Å². The van der Waals surface area contributed by atoms with Crippen LogP contribution in [0.25, 0.3) is 0 Å². The van der Waals surface area contributed by atoms with Gasteiger partial charge in [-0.3, -0.25) is 4.79 Å². The fraction of sp³-hybridized carbons (Fsp3) is 0.188. The molecule has 0 aliphatic heterocycles. The van der Waals surface area contributed by atoms with E-state index in [9.17, 15) is 18.0 Å². The summed E-state index contributed by atoms with van der Waals surface area (Å²) in [5.41, 5.74) is -0.949. The maximum absolute atomic E-state index is 13.1. The van der Waals surface area contributed by atoms with Crippen molar-refractivity contribution in [1.29, 1.82) is 5.26 Å². The monoisotopic (exact) mass is 429 g/mol. The fourth-order valence-electron chi connectivity index (χ4n) is 1.96. The van der Waals surface area contributed by atoms with Gasteiger partial charge < -0.3 is 5.32 Å². The van der Waals surface area contributed by atoms with Gasteiger partial charge in [0.05, 0.1) is 22.6 Å². The van der Waals surface area contributed by atoms with Crippen molar-refractivity contribution in [3.63, 3.8) is 0 Å². The number of aryl methyl sites for hydroxylation is 1. The molecule has 9 heteroatoms. The molecule has 0 aliphatic rings. The number of pyridine rings is 1. The number of benzene rings is 1. The van der Waals surface area contributed by atoms with Crippen LogP contribution >= 0.6 is 27.7 Å². The molecule has 0 atom stereocenters. The number of nitriles is 1. The number of nitrogens with zero attached hydrogens (tertiary/aromatic N) is 2. The molecule has 1 amide bonds. The van der Waals surface area contributed by atoms with E-state index in [1.807, 2.05) is 0 Å². The first-order valence-corrected chi connectivity index (χ1v) is 8.66. The van der Waals surface area contributed by atoms with Gasteiger partial charge in [0.2, 0.25) is 5.91 Å². The Morgan fingerprint density at radius 1 is 1.40 bits per heavy atom. The van der Waals surface area contributed by atoms with Gasteiger partial charge in [0.25, 0.3) is 0 Å². The van der Waals surface area contributed by atoms with E-state index in [1.54, 1.807) is 24.3 Å². The number of rotatable bonds is 4. The molecule has 1 N–H and O–H groups in total. The van der Waals surface area contributed by atoms with Crippen LogP contribution < -0.4 is 5.32 Å².